The van der Waals surface area contributed by atoms with Crippen LogP contribution < -0.4 is 5.32 Å². The second kappa shape index (κ2) is 4.99. The third-order valence-corrected chi connectivity index (χ3v) is 3.82. The molecule has 0 aliphatic carbocycles. The van der Waals surface area contributed by atoms with Crippen molar-refractivity contribution in [2.24, 2.45) is 0 Å². The van der Waals surface area contributed by atoms with E-state index in [9.17, 15) is 4.79 Å². The van der Waals surface area contributed by atoms with Gasteiger partial charge in [0.15, 0.2) is 5.76 Å². The van der Waals surface area contributed by atoms with E-state index in [0.29, 0.717) is 11.5 Å². The number of amides is 1. The third-order valence-electron chi connectivity index (χ3n) is 3.32. The van der Waals surface area contributed by atoms with Gasteiger partial charge in [0, 0.05) is 9.86 Å². The molecule has 2 aromatic heterocycles. The summed E-state index contributed by atoms with van der Waals surface area (Å²) in [6, 6.07) is 14.9. The van der Waals surface area contributed by atoms with Gasteiger partial charge in [0.25, 0.3) is 5.91 Å². The van der Waals surface area contributed by atoms with Crippen molar-refractivity contribution < 1.29 is 9.21 Å². The molecule has 0 spiro atoms. The highest BCUT2D eigenvalue weighted by Crippen LogP contribution is 2.24. The van der Waals surface area contributed by atoms with Gasteiger partial charge >= 0.3 is 0 Å². The molecule has 22 heavy (non-hydrogen) atoms. The van der Waals surface area contributed by atoms with Crippen LogP contribution in [0.2, 0.25) is 0 Å². The number of aromatic nitrogens is 2. The molecular weight excluding hydrogens is 346 g/mol. The molecule has 0 bridgehead atoms. The van der Waals surface area contributed by atoms with Crippen LogP contribution in [-0.4, -0.2) is 15.9 Å². The zero-order valence-corrected chi connectivity index (χ0v) is 12.8. The van der Waals surface area contributed by atoms with Crippen molar-refractivity contribution in [2.75, 3.05) is 5.32 Å². The number of aromatic amines is 1. The van der Waals surface area contributed by atoms with E-state index in [1.165, 1.54) is 0 Å². The average Bonchev–Trinajstić information content (AvgIpc) is 3.09. The van der Waals surface area contributed by atoms with Gasteiger partial charge in [-0.05, 0) is 36.4 Å². The molecule has 4 rings (SSSR count). The van der Waals surface area contributed by atoms with Gasteiger partial charge < -0.3 is 9.40 Å². The highest BCUT2D eigenvalue weighted by Gasteiger charge is 2.14. The minimum absolute atomic E-state index is 0.244. The maximum absolute atomic E-state index is 12.3. The molecule has 2 heterocycles. The van der Waals surface area contributed by atoms with E-state index in [1.807, 2.05) is 42.5 Å². The number of H-pyrrole nitrogens is 1. The lowest BCUT2D eigenvalue weighted by molar-refractivity contribution is 0.0998. The number of hydrogen-bond acceptors (Lipinski definition) is 3. The van der Waals surface area contributed by atoms with E-state index in [0.717, 1.165) is 20.9 Å². The number of imidazole rings is 1. The van der Waals surface area contributed by atoms with Crippen molar-refractivity contribution in [1.29, 1.82) is 0 Å². The fourth-order valence-electron chi connectivity index (χ4n) is 2.31. The summed E-state index contributed by atoms with van der Waals surface area (Å²) >= 11 is 3.39. The molecule has 0 saturated carbocycles. The van der Waals surface area contributed by atoms with Gasteiger partial charge in [0.2, 0.25) is 5.95 Å². The molecule has 0 saturated heterocycles. The minimum atomic E-state index is -0.341. The van der Waals surface area contributed by atoms with Crippen molar-refractivity contribution >= 4 is 49.8 Å². The summed E-state index contributed by atoms with van der Waals surface area (Å²) in [7, 11) is 0. The van der Waals surface area contributed by atoms with E-state index in [-0.39, 0.29) is 11.7 Å². The third kappa shape index (κ3) is 2.27. The lowest BCUT2D eigenvalue weighted by atomic mass is 10.2. The Balaban J connectivity index is 1.65. The van der Waals surface area contributed by atoms with Crippen LogP contribution in [0.1, 0.15) is 10.6 Å². The number of anilines is 1. The first-order valence-corrected chi connectivity index (χ1v) is 7.43. The lowest BCUT2D eigenvalue weighted by Gasteiger charge is -1.97. The molecule has 0 fully saturated rings. The van der Waals surface area contributed by atoms with E-state index in [2.05, 4.69) is 31.2 Å². The number of nitrogens with one attached hydrogen (secondary N) is 2. The predicted octanol–water partition coefficient (Wildman–Crippen LogP) is 4.32. The Hall–Kier alpha value is -2.60. The Morgan fingerprint density at radius 3 is 2.91 bits per heavy atom. The van der Waals surface area contributed by atoms with Gasteiger partial charge in [-0.15, -0.1) is 0 Å². The number of para-hydroxylation sites is 2. The number of carbonyl (C=O) groups is 1. The van der Waals surface area contributed by atoms with E-state index < -0.39 is 0 Å². The van der Waals surface area contributed by atoms with Crippen molar-refractivity contribution in [2.45, 2.75) is 0 Å². The molecule has 0 aliphatic rings. The van der Waals surface area contributed by atoms with Gasteiger partial charge in [-0.2, -0.15) is 0 Å². The second-order valence-corrected chi connectivity index (χ2v) is 5.77. The van der Waals surface area contributed by atoms with Crippen molar-refractivity contribution in [1.82, 2.24) is 9.97 Å². The van der Waals surface area contributed by atoms with E-state index >= 15 is 0 Å². The summed E-state index contributed by atoms with van der Waals surface area (Å²) in [5, 5.41) is 3.58. The highest BCUT2D eigenvalue weighted by atomic mass is 79.9. The van der Waals surface area contributed by atoms with Gasteiger partial charge in [-0.3, -0.25) is 10.1 Å². The molecule has 1 amide bonds. The maximum Gasteiger partial charge on any atom is 0.293 e. The monoisotopic (exact) mass is 355 g/mol. The molecule has 0 aliphatic heterocycles. The molecule has 0 radical (unpaired) electrons. The zero-order chi connectivity index (χ0) is 15.1. The number of rotatable bonds is 2. The Morgan fingerprint density at radius 1 is 1.18 bits per heavy atom. The lowest BCUT2D eigenvalue weighted by Crippen LogP contribution is -2.11. The summed E-state index contributed by atoms with van der Waals surface area (Å²) in [6.45, 7) is 0. The number of hydrogen-bond donors (Lipinski definition) is 2. The van der Waals surface area contributed by atoms with Crippen LogP contribution in [0.4, 0.5) is 5.95 Å². The molecule has 2 N–H and O–H groups in total. The highest BCUT2D eigenvalue weighted by molar-refractivity contribution is 9.10. The number of carbonyl (C=O) groups excluding carboxylic acids is 1. The maximum atomic E-state index is 12.3. The number of nitrogens with zero attached hydrogens (tertiary/aromatic N) is 1. The zero-order valence-electron chi connectivity index (χ0n) is 11.3. The van der Waals surface area contributed by atoms with Crippen molar-refractivity contribution in [3.05, 3.63) is 58.8 Å². The van der Waals surface area contributed by atoms with Gasteiger partial charge in [0.1, 0.15) is 5.58 Å². The van der Waals surface area contributed by atoms with E-state index in [4.69, 9.17) is 4.42 Å². The van der Waals surface area contributed by atoms with Gasteiger partial charge in [0.05, 0.1) is 11.0 Å². The number of fused-ring (bicyclic) bond motifs is 2. The fraction of sp³-hybridized carbons (Fsp3) is 0. The standard InChI is InChI=1S/C16H10BrN3O2/c17-10-5-6-13-9(7-10)8-14(22-13)15(21)20-16-18-11-3-1-2-4-12(11)19-16/h1-8H,(H2,18,19,20,21). The first-order valence-electron chi connectivity index (χ1n) is 6.64. The van der Waals surface area contributed by atoms with Gasteiger partial charge in [-0.25, -0.2) is 4.98 Å². The Labute approximate surface area is 133 Å². The molecular formula is C16H10BrN3O2. The number of benzene rings is 2. The van der Waals surface area contributed by atoms with Crippen LogP contribution in [0.15, 0.2) is 57.4 Å². The van der Waals surface area contributed by atoms with Crippen LogP contribution in [0, 0.1) is 0 Å². The predicted molar refractivity (Wildman–Crippen MR) is 88.0 cm³/mol. The van der Waals surface area contributed by atoms with Gasteiger partial charge in [-0.1, -0.05) is 28.1 Å². The molecule has 4 aromatic rings. The van der Waals surface area contributed by atoms with Crippen molar-refractivity contribution in [3.63, 3.8) is 0 Å². The second-order valence-electron chi connectivity index (χ2n) is 4.85. The van der Waals surface area contributed by atoms with Crippen molar-refractivity contribution in [3.8, 4) is 0 Å². The van der Waals surface area contributed by atoms with Crippen LogP contribution in [0.25, 0.3) is 22.0 Å². The molecule has 0 unspecified atom stereocenters. The topological polar surface area (TPSA) is 70.9 Å². The Kier molecular flexibility index (Phi) is 2.97. The summed E-state index contributed by atoms with van der Waals surface area (Å²) < 4.78 is 6.49. The molecule has 6 heteroatoms. The average molecular weight is 356 g/mol. The first kappa shape index (κ1) is 13.1. The Morgan fingerprint density at radius 2 is 2.05 bits per heavy atom. The smallest absolute Gasteiger partial charge is 0.293 e. The fourth-order valence-corrected chi connectivity index (χ4v) is 2.69. The Bertz CT molecular complexity index is 970. The van der Waals surface area contributed by atoms with Crippen LogP contribution >= 0.6 is 15.9 Å². The summed E-state index contributed by atoms with van der Waals surface area (Å²) in [6.07, 6.45) is 0. The largest absolute Gasteiger partial charge is 0.451 e. The number of halogens is 1. The van der Waals surface area contributed by atoms with Crippen LogP contribution in [-0.2, 0) is 0 Å². The normalized spacial score (nSPS) is 11.1. The summed E-state index contributed by atoms with van der Waals surface area (Å²) in [5.41, 5.74) is 2.33. The van der Waals surface area contributed by atoms with E-state index in [1.54, 1.807) is 6.07 Å². The molecule has 2 aromatic carbocycles. The summed E-state index contributed by atoms with van der Waals surface area (Å²) in [5.74, 6) is 0.299. The SMILES string of the molecule is O=C(Nc1nc2ccccc2[nH]1)c1cc2cc(Br)ccc2o1. The van der Waals surface area contributed by atoms with Crippen LogP contribution in [0.5, 0.6) is 0 Å². The number of furan rings is 1. The quantitative estimate of drug-likeness (QED) is 0.562. The molecule has 108 valence electrons. The first-order chi connectivity index (χ1) is 10.7. The minimum Gasteiger partial charge on any atom is -0.451 e. The molecule has 5 nitrogen and oxygen atoms in total. The van der Waals surface area contributed by atoms with Crippen LogP contribution in [0.3, 0.4) is 0 Å². The summed E-state index contributed by atoms with van der Waals surface area (Å²) in [4.78, 5) is 19.6. The molecule has 0 atom stereocenters.